The van der Waals surface area contributed by atoms with Gasteiger partial charge in [0, 0.05) is 6.42 Å². The maximum atomic E-state index is 10.8. The van der Waals surface area contributed by atoms with Gasteiger partial charge in [-0.15, -0.1) is 0 Å². The molecule has 0 aromatic heterocycles. The normalized spacial score (nSPS) is 13.9. The molecule has 0 aromatic rings. The van der Waals surface area contributed by atoms with E-state index in [0.29, 0.717) is 6.42 Å². The summed E-state index contributed by atoms with van der Waals surface area (Å²) >= 11 is 0. The molecule has 0 aliphatic carbocycles. The quantitative estimate of drug-likeness (QED) is 0.410. The predicted molar refractivity (Wildman–Crippen MR) is 65.0 cm³/mol. The highest BCUT2D eigenvalue weighted by Gasteiger charge is 2.04. The van der Waals surface area contributed by atoms with Crippen LogP contribution in [0, 0.1) is 0 Å². The third-order valence-electron chi connectivity index (χ3n) is 1.96. The van der Waals surface area contributed by atoms with Crippen LogP contribution in [0.15, 0.2) is 36.5 Å². The lowest BCUT2D eigenvalue weighted by atomic mass is 10.2. The molecule has 90 valence electrons. The molecule has 0 bridgehead atoms. The number of esters is 1. The Morgan fingerprint density at radius 3 is 2.75 bits per heavy atom. The first-order chi connectivity index (χ1) is 7.70. The van der Waals surface area contributed by atoms with Crippen molar-refractivity contribution >= 4 is 5.97 Å². The summed E-state index contributed by atoms with van der Waals surface area (Å²) in [5.41, 5.74) is 0. The lowest BCUT2D eigenvalue weighted by Crippen LogP contribution is -2.07. The maximum absolute atomic E-state index is 10.8. The van der Waals surface area contributed by atoms with Crippen molar-refractivity contribution in [1.29, 1.82) is 0 Å². The Morgan fingerprint density at radius 2 is 2.12 bits per heavy atom. The lowest BCUT2D eigenvalue weighted by Gasteiger charge is -2.02. The summed E-state index contributed by atoms with van der Waals surface area (Å²) in [7, 11) is 1.34. The van der Waals surface area contributed by atoms with Gasteiger partial charge in [0.2, 0.25) is 0 Å². The number of ether oxygens (including phenoxy) is 1. The Balaban J connectivity index is 3.69. The van der Waals surface area contributed by atoms with Crippen LogP contribution in [-0.2, 0) is 9.53 Å². The summed E-state index contributed by atoms with van der Waals surface area (Å²) in [5, 5.41) is 9.45. The molecule has 0 radical (unpaired) electrons. The van der Waals surface area contributed by atoms with E-state index in [1.165, 1.54) is 7.11 Å². The molecule has 3 heteroatoms. The molecule has 0 fully saturated rings. The number of carbonyl (C=O) groups excluding carboxylic acids is 1. The summed E-state index contributed by atoms with van der Waals surface area (Å²) in [6, 6.07) is 0. The molecular weight excluding hydrogens is 204 g/mol. The molecule has 0 aliphatic heterocycles. The number of allylic oxidation sites excluding steroid dienone is 5. The number of aliphatic hydroxyl groups excluding tert-OH is 1. The van der Waals surface area contributed by atoms with Crippen LogP contribution in [0.25, 0.3) is 0 Å². The molecule has 0 heterocycles. The van der Waals surface area contributed by atoms with Crippen LogP contribution in [-0.4, -0.2) is 24.3 Å². The highest BCUT2D eigenvalue weighted by Crippen LogP contribution is 2.00. The van der Waals surface area contributed by atoms with Gasteiger partial charge < -0.3 is 9.84 Å². The van der Waals surface area contributed by atoms with E-state index in [0.717, 1.165) is 6.42 Å². The molecule has 0 amide bonds. The molecule has 1 N–H and O–H groups in total. The van der Waals surface area contributed by atoms with Crippen molar-refractivity contribution in [3.05, 3.63) is 36.5 Å². The minimum Gasteiger partial charge on any atom is -0.469 e. The number of carbonyl (C=O) groups is 1. The second-order valence-electron chi connectivity index (χ2n) is 3.30. The fraction of sp³-hybridized carbons (Fsp3) is 0.462. The Bertz CT molecular complexity index is 264. The number of hydrogen-bond acceptors (Lipinski definition) is 3. The van der Waals surface area contributed by atoms with E-state index in [-0.39, 0.29) is 12.4 Å². The molecule has 0 aromatic carbocycles. The first-order valence-corrected chi connectivity index (χ1v) is 5.40. The molecule has 1 unspecified atom stereocenters. The third kappa shape index (κ3) is 9.21. The van der Waals surface area contributed by atoms with Crippen molar-refractivity contribution in [3.63, 3.8) is 0 Å². The Kier molecular flexibility index (Phi) is 9.32. The topological polar surface area (TPSA) is 46.5 Å². The SMILES string of the molecule is CC=CCC=CC=CC(O)CCC(=O)OC. The third-order valence-corrected chi connectivity index (χ3v) is 1.96. The van der Waals surface area contributed by atoms with Crippen LogP contribution in [0.3, 0.4) is 0 Å². The molecule has 0 spiro atoms. The summed E-state index contributed by atoms with van der Waals surface area (Å²) in [6.45, 7) is 1.97. The van der Waals surface area contributed by atoms with Gasteiger partial charge in [-0.25, -0.2) is 0 Å². The van der Waals surface area contributed by atoms with Gasteiger partial charge in [-0.3, -0.25) is 4.79 Å². The van der Waals surface area contributed by atoms with Gasteiger partial charge in [0.1, 0.15) is 0 Å². The van der Waals surface area contributed by atoms with E-state index >= 15 is 0 Å². The average molecular weight is 224 g/mol. The molecular formula is C13H20O3. The van der Waals surface area contributed by atoms with E-state index < -0.39 is 6.10 Å². The van der Waals surface area contributed by atoms with Crippen molar-refractivity contribution in [3.8, 4) is 0 Å². The lowest BCUT2D eigenvalue weighted by molar-refractivity contribution is -0.141. The summed E-state index contributed by atoms with van der Waals surface area (Å²) in [4.78, 5) is 10.8. The van der Waals surface area contributed by atoms with Crippen molar-refractivity contribution in [1.82, 2.24) is 0 Å². The van der Waals surface area contributed by atoms with E-state index in [1.54, 1.807) is 12.2 Å². The predicted octanol–water partition coefficient (Wildman–Crippen LogP) is 2.38. The van der Waals surface area contributed by atoms with Crippen molar-refractivity contribution in [2.75, 3.05) is 7.11 Å². The van der Waals surface area contributed by atoms with Crippen molar-refractivity contribution in [2.24, 2.45) is 0 Å². The highest BCUT2D eigenvalue weighted by atomic mass is 16.5. The standard InChI is InChI=1S/C13H20O3/c1-3-4-5-6-7-8-9-12(14)10-11-13(15)16-2/h3-4,6-9,12,14H,5,10-11H2,1-2H3. The van der Waals surface area contributed by atoms with Crippen molar-refractivity contribution in [2.45, 2.75) is 32.3 Å². The second kappa shape index (κ2) is 10.2. The van der Waals surface area contributed by atoms with Gasteiger partial charge in [-0.05, 0) is 19.8 Å². The Hall–Kier alpha value is -1.35. The number of hydrogen-bond donors (Lipinski definition) is 1. The van der Waals surface area contributed by atoms with Gasteiger partial charge in [0.25, 0.3) is 0 Å². The van der Waals surface area contributed by atoms with Crippen LogP contribution in [0.2, 0.25) is 0 Å². The van der Waals surface area contributed by atoms with Crippen LogP contribution in [0.4, 0.5) is 0 Å². The summed E-state index contributed by atoms with van der Waals surface area (Å²) in [6.07, 6.45) is 12.3. The van der Waals surface area contributed by atoms with Gasteiger partial charge in [-0.2, -0.15) is 0 Å². The number of methoxy groups -OCH3 is 1. The van der Waals surface area contributed by atoms with Crippen molar-refractivity contribution < 1.29 is 14.6 Å². The zero-order valence-corrected chi connectivity index (χ0v) is 9.93. The molecule has 0 saturated carbocycles. The largest absolute Gasteiger partial charge is 0.469 e. The first kappa shape index (κ1) is 14.6. The summed E-state index contributed by atoms with van der Waals surface area (Å²) in [5.74, 6) is -0.295. The average Bonchev–Trinajstić information content (AvgIpc) is 2.30. The maximum Gasteiger partial charge on any atom is 0.305 e. The molecule has 3 nitrogen and oxygen atoms in total. The van der Waals surface area contributed by atoms with Crippen LogP contribution >= 0.6 is 0 Å². The highest BCUT2D eigenvalue weighted by molar-refractivity contribution is 5.69. The fourth-order valence-corrected chi connectivity index (χ4v) is 1.03. The smallest absolute Gasteiger partial charge is 0.305 e. The van der Waals surface area contributed by atoms with Gasteiger partial charge in [0.15, 0.2) is 0 Å². The van der Waals surface area contributed by atoms with Gasteiger partial charge in [0.05, 0.1) is 13.2 Å². The van der Waals surface area contributed by atoms with E-state index in [4.69, 9.17) is 0 Å². The van der Waals surface area contributed by atoms with E-state index in [2.05, 4.69) is 4.74 Å². The molecule has 16 heavy (non-hydrogen) atoms. The fourth-order valence-electron chi connectivity index (χ4n) is 1.03. The van der Waals surface area contributed by atoms with Crippen LogP contribution in [0.5, 0.6) is 0 Å². The van der Waals surface area contributed by atoms with Gasteiger partial charge >= 0.3 is 5.97 Å². The molecule has 1 atom stereocenters. The van der Waals surface area contributed by atoms with E-state index in [9.17, 15) is 9.90 Å². The van der Waals surface area contributed by atoms with Crippen LogP contribution < -0.4 is 0 Å². The van der Waals surface area contributed by atoms with E-state index in [1.807, 2.05) is 31.2 Å². The Morgan fingerprint density at radius 1 is 1.38 bits per heavy atom. The number of aliphatic hydroxyl groups is 1. The van der Waals surface area contributed by atoms with Gasteiger partial charge in [-0.1, -0.05) is 36.5 Å². The summed E-state index contributed by atoms with van der Waals surface area (Å²) < 4.78 is 4.47. The zero-order valence-electron chi connectivity index (χ0n) is 9.93. The molecule has 0 aliphatic rings. The second-order valence-corrected chi connectivity index (χ2v) is 3.30. The Labute approximate surface area is 97.1 Å². The minimum atomic E-state index is -0.592. The zero-order chi connectivity index (χ0) is 12.2. The monoisotopic (exact) mass is 224 g/mol. The molecule has 0 saturated heterocycles. The van der Waals surface area contributed by atoms with Crippen LogP contribution in [0.1, 0.15) is 26.2 Å². The minimum absolute atomic E-state index is 0.240. The number of rotatable bonds is 7. The molecule has 0 rings (SSSR count). The first-order valence-electron chi connectivity index (χ1n) is 5.40.